The fraction of sp³-hybridized carbons (Fsp3) is 0.400. The van der Waals surface area contributed by atoms with Gasteiger partial charge < -0.3 is 30.7 Å². The summed E-state index contributed by atoms with van der Waals surface area (Å²) in [6.45, 7) is 4.66. The molecule has 3 aromatic rings. The summed E-state index contributed by atoms with van der Waals surface area (Å²) in [6, 6.07) is 6.46. The van der Waals surface area contributed by atoms with Crippen LogP contribution in [0.2, 0.25) is 0 Å². The molecule has 0 spiro atoms. The van der Waals surface area contributed by atoms with Gasteiger partial charge in [0.05, 0.1) is 14.2 Å². The average Bonchev–Trinajstić information content (AvgIpc) is 2.85. The molecular weight excluding hydrogens is 506 g/mol. The standard InChI is InChI=1S/C25H30F2N6O3.ClH/c1-13-12-33(14(2)11-32(13)20(34)10-18(28)15-5-7-16(26)8-6-15)25-30-22-17(24(29)31-25)9-19(35-3)23(36-4)21(22)27;/h5-9,13-14,18H,10-12,28H2,1-4H3,(H2,29,30,31);1H/t13-,14+,18-;/m1./s1. The summed E-state index contributed by atoms with van der Waals surface area (Å²) < 4.78 is 38.8. The van der Waals surface area contributed by atoms with Crippen LogP contribution in [0.25, 0.3) is 10.9 Å². The lowest BCUT2D eigenvalue weighted by molar-refractivity contribution is -0.134. The molecular formula is C25H31ClF2N6O3. The topological polar surface area (TPSA) is 120 Å². The second kappa shape index (κ2) is 11.3. The molecule has 12 heteroatoms. The summed E-state index contributed by atoms with van der Waals surface area (Å²) in [5, 5.41) is 0.318. The molecule has 1 saturated heterocycles. The lowest BCUT2D eigenvalue weighted by Gasteiger charge is -2.44. The number of hydrogen-bond acceptors (Lipinski definition) is 8. The van der Waals surface area contributed by atoms with E-state index in [1.54, 1.807) is 23.1 Å². The van der Waals surface area contributed by atoms with Crippen LogP contribution in [0.3, 0.4) is 0 Å². The zero-order valence-electron chi connectivity index (χ0n) is 21.1. The maximum absolute atomic E-state index is 15.2. The van der Waals surface area contributed by atoms with Gasteiger partial charge in [0.2, 0.25) is 11.9 Å². The number of methoxy groups -OCH3 is 2. The zero-order chi connectivity index (χ0) is 26.1. The number of halogens is 3. The number of benzene rings is 2. The van der Waals surface area contributed by atoms with E-state index in [4.69, 9.17) is 20.9 Å². The number of nitrogens with two attached hydrogens (primary N) is 2. The van der Waals surface area contributed by atoms with Gasteiger partial charge in [0.1, 0.15) is 17.2 Å². The Labute approximate surface area is 220 Å². The monoisotopic (exact) mass is 536 g/mol. The number of fused-ring (bicyclic) bond motifs is 1. The van der Waals surface area contributed by atoms with Crippen LogP contribution in [0.5, 0.6) is 11.5 Å². The summed E-state index contributed by atoms with van der Waals surface area (Å²) >= 11 is 0. The average molecular weight is 537 g/mol. The molecule has 9 nitrogen and oxygen atoms in total. The number of ether oxygens (including phenoxy) is 2. The first-order valence-electron chi connectivity index (χ1n) is 11.6. The summed E-state index contributed by atoms with van der Waals surface area (Å²) in [4.78, 5) is 25.6. The van der Waals surface area contributed by atoms with E-state index in [0.717, 1.165) is 0 Å². The Morgan fingerprint density at radius 1 is 1.11 bits per heavy atom. The molecule has 0 bridgehead atoms. The predicted molar refractivity (Wildman–Crippen MR) is 140 cm³/mol. The zero-order valence-corrected chi connectivity index (χ0v) is 21.9. The summed E-state index contributed by atoms with van der Waals surface area (Å²) in [5.74, 6) is -0.648. The number of aromatic nitrogens is 2. The van der Waals surface area contributed by atoms with Gasteiger partial charge in [-0.2, -0.15) is 4.98 Å². The quantitative estimate of drug-likeness (QED) is 0.491. The van der Waals surface area contributed by atoms with Crippen LogP contribution < -0.4 is 25.8 Å². The maximum Gasteiger partial charge on any atom is 0.228 e. The third kappa shape index (κ3) is 5.47. The van der Waals surface area contributed by atoms with Gasteiger partial charge in [0.25, 0.3) is 0 Å². The van der Waals surface area contributed by atoms with Crippen molar-refractivity contribution >= 4 is 41.0 Å². The van der Waals surface area contributed by atoms with Crippen LogP contribution in [-0.2, 0) is 4.79 Å². The van der Waals surface area contributed by atoms with Gasteiger partial charge in [0.15, 0.2) is 17.3 Å². The predicted octanol–water partition coefficient (Wildman–Crippen LogP) is 3.44. The van der Waals surface area contributed by atoms with Crippen molar-refractivity contribution in [1.82, 2.24) is 14.9 Å². The Kier molecular flexibility index (Phi) is 8.60. The fourth-order valence-corrected chi connectivity index (χ4v) is 4.55. The Balaban J connectivity index is 0.00000380. The van der Waals surface area contributed by atoms with E-state index in [0.29, 0.717) is 24.0 Å². The molecule has 1 aromatic heterocycles. The first-order valence-corrected chi connectivity index (χ1v) is 11.6. The second-order valence-electron chi connectivity index (χ2n) is 8.99. The lowest BCUT2D eigenvalue weighted by atomic mass is 10.0. The Morgan fingerprint density at radius 3 is 2.41 bits per heavy atom. The molecule has 2 aromatic carbocycles. The van der Waals surface area contributed by atoms with Gasteiger partial charge in [-0.25, -0.2) is 13.8 Å². The number of carbonyl (C=O) groups is 1. The van der Waals surface area contributed by atoms with Gasteiger partial charge in [-0.15, -0.1) is 12.4 Å². The van der Waals surface area contributed by atoms with Gasteiger partial charge in [-0.3, -0.25) is 4.79 Å². The van der Waals surface area contributed by atoms with Crippen LogP contribution >= 0.6 is 12.4 Å². The third-order valence-electron chi connectivity index (χ3n) is 6.55. The molecule has 4 N–H and O–H groups in total. The number of anilines is 2. The maximum atomic E-state index is 15.2. The van der Waals surface area contributed by atoms with Crippen LogP contribution in [0.1, 0.15) is 31.9 Å². The highest BCUT2D eigenvalue weighted by atomic mass is 35.5. The third-order valence-corrected chi connectivity index (χ3v) is 6.55. The number of rotatable bonds is 6. The molecule has 0 aliphatic carbocycles. The molecule has 2 heterocycles. The number of piperazine rings is 1. The molecule has 0 radical (unpaired) electrons. The van der Waals surface area contributed by atoms with E-state index in [1.807, 2.05) is 18.7 Å². The summed E-state index contributed by atoms with van der Waals surface area (Å²) in [7, 11) is 2.76. The molecule has 200 valence electrons. The van der Waals surface area contributed by atoms with Gasteiger partial charge in [0, 0.05) is 43.0 Å². The highest BCUT2D eigenvalue weighted by Crippen LogP contribution is 2.38. The SMILES string of the molecule is COc1cc2c(N)nc(N3C[C@@H](C)N(C(=O)C[C@@H](N)c4ccc(F)cc4)C[C@@H]3C)nc2c(F)c1OC.Cl. The van der Waals surface area contributed by atoms with Crippen molar-refractivity contribution in [2.24, 2.45) is 5.73 Å². The molecule has 1 amide bonds. The van der Waals surface area contributed by atoms with E-state index in [9.17, 15) is 9.18 Å². The van der Waals surface area contributed by atoms with Crippen molar-refractivity contribution in [3.8, 4) is 11.5 Å². The van der Waals surface area contributed by atoms with Crippen LogP contribution in [0.15, 0.2) is 30.3 Å². The van der Waals surface area contributed by atoms with Gasteiger partial charge in [-0.05, 0) is 37.6 Å². The second-order valence-corrected chi connectivity index (χ2v) is 8.99. The first kappa shape index (κ1) is 28.1. The van der Waals surface area contributed by atoms with E-state index >= 15 is 4.39 Å². The lowest BCUT2D eigenvalue weighted by Crippen LogP contribution is -2.58. The minimum atomic E-state index is -0.688. The number of carbonyl (C=O) groups excluding carboxylic acids is 1. The van der Waals surface area contributed by atoms with E-state index in [1.165, 1.54) is 26.4 Å². The van der Waals surface area contributed by atoms with Gasteiger partial charge >= 0.3 is 0 Å². The first-order chi connectivity index (χ1) is 17.1. The molecule has 0 unspecified atom stereocenters. The van der Waals surface area contributed by atoms with E-state index in [-0.39, 0.29) is 71.4 Å². The summed E-state index contributed by atoms with van der Waals surface area (Å²) in [5.41, 5.74) is 13.1. The van der Waals surface area contributed by atoms with Crippen molar-refractivity contribution in [2.75, 3.05) is 37.9 Å². The molecule has 37 heavy (non-hydrogen) atoms. The number of nitrogen functional groups attached to an aromatic ring is 1. The molecule has 3 atom stereocenters. The van der Waals surface area contributed by atoms with Crippen molar-refractivity contribution in [1.29, 1.82) is 0 Å². The van der Waals surface area contributed by atoms with Crippen LogP contribution in [0.4, 0.5) is 20.5 Å². The fourth-order valence-electron chi connectivity index (χ4n) is 4.55. The normalized spacial score (nSPS) is 18.4. The Morgan fingerprint density at radius 2 is 1.78 bits per heavy atom. The Hall–Kier alpha value is -3.44. The van der Waals surface area contributed by atoms with Gasteiger partial charge in [-0.1, -0.05) is 12.1 Å². The minimum Gasteiger partial charge on any atom is -0.493 e. The van der Waals surface area contributed by atoms with Crippen molar-refractivity contribution in [3.63, 3.8) is 0 Å². The molecule has 4 rings (SSSR count). The number of amides is 1. The largest absolute Gasteiger partial charge is 0.493 e. The molecule has 1 aliphatic rings. The highest BCUT2D eigenvalue weighted by molar-refractivity contribution is 5.92. The van der Waals surface area contributed by atoms with Crippen LogP contribution in [-0.4, -0.2) is 60.2 Å². The molecule has 1 aliphatic heterocycles. The van der Waals surface area contributed by atoms with E-state index in [2.05, 4.69) is 9.97 Å². The van der Waals surface area contributed by atoms with Crippen molar-refractivity contribution in [2.45, 2.75) is 38.4 Å². The minimum absolute atomic E-state index is 0. The number of nitrogens with zero attached hydrogens (tertiary/aromatic N) is 4. The van der Waals surface area contributed by atoms with Crippen LogP contribution in [0, 0.1) is 11.6 Å². The summed E-state index contributed by atoms with van der Waals surface area (Å²) in [6.07, 6.45) is 0.0922. The highest BCUT2D eigenvalue weighted by Gasteiger charge is 2.34. The molecule has 0 saturated carbocycles. The number of hydrogen-bond donors (Lipinski definition) is 2. The molecule has 1 fully saturated rings. The van der Waals surface area contributed by atoms with Crippen molar-refractivity contribution < 1.29 is 23.0 Å². The Bertz CT molecular complexity index is 1280. The van der Waals surface area contributed by atoms with E-state index < -0.39 is 11.9 Å². The smallest absolute Gasteiger partial charge is 0.228 e. The van der Waals surface area contributed by atoms with Crippen molar-refractivity contribution in [3.05, 3.63) is 47.5 Å².